The van der Waals surface area contributed by atoms with E-state index in [0.29, 0.717) is 16.9 Å². The van der Waals surface area contributed by atoms with Crippen molar-refractivity contribution in [1.29, 1.82) is 0 Å². The molecule has 0 spiro atoms. The van der Waals surface area contributed by atoms with Crippen molar-refractivity contribution in [3.8, 4) is 11.4 Å². The largest absolute Gasteiger partial charge is 0.322 e. The number of carbonyl (C=O) groups excluding carboxylic acids is 1. The maximum atomic E-state index is 12.3. The van der Waals surface area contributed by atoms with Crippen LogP contribution >= 0.6 is 0 Å². The van der Waals surface area contributed by atoms with Gasteiger partial charge in [0.15, 0.2) is 0 Å². The van der Waals surface area contributed by atoms with Crippen LogP contribution in [0.1, 0.15) is 15.9 Å². The predicted octanol–water partition coefficient (Wildman–Crippen LogP) is 3.10. The van der Waals surface area contributed by atoms with Gasteiger partial charge in [0.25, 0.3) is 5.91 Å². The molecule has 0 unspecified atom stereocenters. The van der Waals surface area contributed by atoms with Gasteiger partial charge in [-0.05, 0) is 48.9 Å². The molecule has 5 heteroatoms. The van der Waals surface area contributed by atoms with Crippen LogP contribution in [0.2, 0.25) is 0 Å². The molecule has 3 aromatic heterocycles. The van der Waals surface area contributed by atoms with Gasteiger partial charge in [0.2, 0.25) is 0 Å². The highest BCUT2D eigenvalue weighted by molar-refractivity contribution is 6.04. The molecule has 0 saturated heterocycles. The lowest BCUT2D eigenvalue weighted by molar-refractivity contribution is 0.102. The number of rotatable bonds is 3. The number of aromatic nitrogens is 3. The van der Waals surface area contributed by atoms with E-state index in [-0.39, 0.29) is 5.91 Å². The summed E-state index contributed by atoms with van der Waals surface area (Å²) in [5.41, 5.74) is 3.75. The van der Waals surface area contributed by atoms with E-state index in [1.807, 2.05) is 19.1 Å². The van der Waals surface area contributed by atoms with Gasteiger partial charge >= 0.3 is 0 Å². The van der Waals surface area contributed by atoms with E-state index in [1.165, 1.54) is 0 Å². The summed E-state index contributed by atoms with van der Waals surface area (Å²) in [5.74, 6) is -0.192. The number of nitrogens with one attached hydrogen (secondary N) is 1. The lowest BCUT2D eigenvalue weighted by atomic mass is 10.1. The normalized spacial score (nSPS) is 10.2. The fraction of sp³-hybridized carbons (Fsp3) is 0.0588. The van der Waals surface area contributed by atoms with E-state index in [1.54, 1.807) is 49.1 Å². The summed E-state index contributed by atoms with van der Waals surface area (Å²) in [6, 6.07) is 10.7. The van der Waals surface area contributed by atoms with Crippen LogP contribution in [0.5, 0.6) is 0 Å². The number of pyridine rings is 3. The first-order valence-electron chi connectivity index (χ1n) is 6.83. The number of carbonyl (C=O) groups is 1. The van der Waals surface area contributed by atoms with Crippen LogP contribution in [-0.4, -0.2) is 20.9 Å². The summed E-state index contributed by atoms with van der Waals surface area (Å²) in [4.78, 5) is 24.8. The van der Waals surface area contributed by atoms with Crippen molar-refractivity contribution >= 4 is 11.6 Å². The number of aryl methyl sites for hydroxylation is 1. The van der Waals surface area contributed by atoms with Gasteiger partial charge in [0.1, 0.15) is 0 Å². The molecular formula is C17H14N4O. The molecule has 0 atom stereocenters. The zero-order chi connectivity index (χ0) is 15.4. The Kier molecular flexibility index (Phi) is 3.87. The first-order chi connectivity index (χ1) is 10.7. The minimum Gasteiger partial charge on any atom is -0.322 e. The topological polar surface area (TPSA) is 67.8 Å². The average molecular weight is 290 g/mol. The molecule has 0 aliphatic carbocycles. The number of nitrogens with zero attached hydrogens (tertiary/aromatic N) is 3. The summed E-state index contributed by atoms with van der Waals surface area (Å²) >= 11 is 0. The Morgan fingerprint density at radius 1 is 0.909 bits per heavy atom. The van der Waals surface area contributed by atoms with Crippen LogP contribution in [0.25, 0.3) is 11.4 Å². The Balaban J connectivity index is 1.86. The molecule has 3 aromatic rings. The van der Waals surface area contributed by atoms with Crippen LogP contribution in [0.4, 0.5) is 5.69 Å². The zero-order valence-electron chi connectivity index (χ0n) is 12.0. The lowest BCUT2D eigenvalue weighted by Crippen LogP contribution is -2.12. The highest BCUT2D eigenvalue weighted by Gasteiger charge is 2.09. The number of hydrogen-bond donors (Lipinski definition) is 1. The highest BCUT2D eigenvalue weighted by atomic mass is 16.1. The highest BCUT2D eigenvalue weighted by Crippen LogP contribution is 2.17. The minimum atomic E-state index is -0.192. The van der Waals surface area contributed by atoms with E-state index in [0.717, 1.165) is 11.3 Å². The van der Waals surface area contributed by atoms with Gasteiger partial charge in [0.05, 0.1) is 11.4 Å². The Hall–Kier alpha value is -3.08. The standard InChI is InChI=1S/C17H14N4O/c1-12-2-8-19-15(10-12)16-11-13(3-9-20-16)17(22)21-14-4-6-18-7-5-14/h2-11H,1H3,(H,18,21,22). The third-order valence-corrected chi connectivity index (χ3v) is 3.14. The number of anilines is 1. The second-order valence-electron chi connectivity index (χ2n) is 4.84. The maximum Gasteiger partial charge on any atom is 0.255 e. The first-order valence-corrected chi connectivity index (χ1v) is 6.83. The molecule has 108 valence electrons. The van der Waals surface area contributed by atoms with Crippen molar-refractivity contribution in [2.24, 2.45) is 0 Å². The Bertz CT molecular complexity index is 803. The number of amides is 1. The number of hydrogen-bond acceptors (Lipinski definition) is 4. The fourth-order valence-electron chi connectivity index (χ4n) is 2.03. The summed E-state index contributed by atoms with van der Waals surface area (Å²) in [6.45, 7) is 1.99. The van der Waals surface area contributed by atoms with Crippen LogP contribution in [-0.2, 0) is 0 Å². The third-order valence-electron chi connectivity index (χ3n) is 3.14. The van der Waals surface area contributed by atoms with Gasteiger partial charge in [-0.25, -0.2) is 0 Å². The van der Waals surface area contributed by atoms with E-state index in [4.69, 9.17) is 0 Å². The average Bonchev–Trinajstić information content (AvgIpc) is 2.56. The molecule has 0 fully saturated rings. The van der Waals surface area contributed by atoms with Gasteiger partial charge in [-0.15, -0.1) is 0 Å². The van der Waals surface area contributed by atoms with E-state index in [9.17, 15) is 4.79 Å². The molecule has 0 aliphatic rings. The van der Waals surface area contributed by atoms with Gasteiger partial charge in [-0.1, -0.05) is 0 Å². The Labute approximate surface area is 128 Å². The van der Waals surface area contributed by atoms with Crippen molar-refractivity contribution in [3.63, 3.8) is 0 Å². The Morgan fingerprint density at radius 3 is 2.32 bits per heavy atom. The van der Waals surface area contributed by atoms with Gasteiger partial charge < -0.3 is 5.32 Å². The summed E-state index contributed by atoms with van der Waals surface area (Å²) in [5, 5.41) is 2.82. The molecule has 0 aliphatic heterocycles. The van der Waals surface area contributed by atoms with E-state index in [2.05, 4.69) is 20.3 Å². The van der Waals surface area contributed by atoms with Crippen molar-refractivity contribution in [2.75, 3.05) is 5.32 Å². The molecule has 0 bridgehead atoms. The van der Waals surface area contributed by atoms with Crippen LogP contribution in [0.15, 0.2) is 61.2 Å². The SMILES string of the molecule is Cc1ccnc(-c2cc(C(=O)Nc3ccncc3)ccn2)c1. The van der Waals surface area contributed by atoms with Gasteiger partial charge in [-0.3, -0.25) is 19.7 Å². The predicted molar refractivity (Wildman–Crippen MR) is 84.4 cm³/mol. The zero-order valence-corrected chi connectivity index (χ0v) is 12.0. The van der Waals surface area contributed by atoms with Crippen molar-refractivity contribution < 1.29 is 4.79 Å². The molecule has 3 rings (SSSR count). The molecular weight excluding hydrogens is 276 g/mol. The minimum absolute atomic E-state index is 0.192. The van der Waals surface area contributed by atoms with E-state index >= 15 is 0 Å². The van der Waals surface area contributed by atoms with Crippen LogP contribution in [0, 0.1) is 6.92 Å². The molecule has 0 aromatic carbocycles. The summed E-state index contributed by atoms with van der Waals surface area (Å²) in [7, 11) is 0. The van der Waals surface area contributed by atoms with E-state index < -0.39 is 0 Å². The molecule has 1 N–H and O–H groups in total. The first kappa shape index (κ1) is 13.9. The smallest absolute Gasteiger partial charge is 0.255 e. The molecule has 1 amide bonds. The second kappa shape index (κ2) is 6.13. The summed E-state index contributed by atoms with van der Waals surface area (Å²) in [6.07, 6.45) is 6.60. The monoisotopic (exact) mass is 290 g/mol. The van der Waals surface area contributed by atoms with Crippen molar-refractivity contribution in [1.82, 2.24) is 15.0 Å². The molecule has 5 nitrogen and oxygen atoms in total. The quantitative estimate of drug-likeness (QED) is 0.804. The van der Waals surface area contributed by atoms with Crippen LogP contribution < -0.4 is 5.32 Å². The fourth-order valence-corrected chi connectivity index (χ4v) is 2.03. The molecule has 3 heterocycles. The van der Waals surface area contributed by atoms with Gasteiger partial charge in [0, 0.05) is 36.0 Å². The molecule has 22 heavy (non-hydrogen) atoms. The maximum absolute atomic E-state index is 12.3. The molecule has 0 saturated carbocycles. The van der Waals surface area contributed by atoms with Crippen molar-refractivity contribution in [3.05, 3.63) is 72.3 Å². The summed E-state index contributed by atoms with van der Waals surface area (Å²) < 4.78 is 0. The Morgan fingerprint density at radius 2 is 1.59 bits per heavy atom. The van der Waals surface area contributed by atoms with Crippen LogP contribution in [0.3, 0.4) is 0 Å². The van der Waals surface area contributed by atoms with Crippen molar-refractivity contribution in [2.45, 2.75) is 6.92 Å². The second-order valence-corrected chi connectivity index (χ2v) is 4.84. The third kappa shape index (κ3) is 3.15. The molecule has 0 radical (unpaired) electrons. The van der Waals surface area contributed by atoms with Gasteiger partial charge in [-0.2, -0.15) is 0 Å². The lowest BCUT2D eigenvalue weighted by Gasteiger charge is -2.06.